The Labute approximate surface area is 127 Å². The molecule has 0 unspecified atom stereocenters. The second-order valence-electron chi connectivity index (χ2n) is 5.27. The molecule has 1 aliphatic carbocycles. The SMILES string of the molecule is CC(=O)CCSc1nc(C)nc2sc3c(c12)CCCC3. The second kappa shape index (κ2) is 5.82. The van der Waals surface area contributed by atoms with Gasteiger partial charge in [-0.1, -0.05) is 0 Å². The minimum atomic E-state index is 0.242. The third-order valence-corrected chi connectivity index (χ3v) is 5.75. The highest BCUT2D eigenvalue weighted by atomic mass is 32.2. The number of Topliss-reactive ketones (excluding diaryl/α,β-unsaturated/α-hetero) is 1. The molecule has 0 bridgehead atoms. The largest absolute Gasteiger partial charge is 0.300 e. The summed E-state index contributed by atoms with van der Waals surface area (Å²) >= 11 is 3.54. The number of aromatic nitrogens is 2. The Balaban J connectivity index is 2.00. The predicted molar refractivity (Wildman–Crippen MR) is 84.8 cm³/mol. The number of ketones is 1. The molecule has 1 aliphatic rings. The molecule has 0 atom stereocenters. The lowest BCUT2D eigenvalue weighted by Crippen LogP contribution is -2.00. The third kappa shape index (κ3) is 2.74. The number of carbonyl (C=O) groups is 1. The van der Waals surface area contributed by atoms with Gasteiger partial charge in [-0.2, -0.15) is 0 Å². The quantitative estimate of drug-likeness (QED) is 0.633. The number of thioether (sulfide) groups is 1. The van der Waals surface area contributed by atoms with E-state index < -0.39 is 0 Å². The summed E-state index contributed by atoms with van der Waals surface area (Å²) in [5.41, 5.74) is 1.47. The molecule has 3 rings (SSSR count). The maximum Gasteiger partial charge on any atom is 0.130 e. The molecular formula is C15H18N2OS2. The molecule has 0 fully saturated rings. The van der Waals surface area contributed by atoms with E-state index in [9.17, 15) is 4.79 Å². The smallest absolute Gasteiger partial charge is 0.130 e. The average Bonchev–Trinajstić information content (AvgIpc) is 2.75. The van der Waals surface area contributed by atoms with Crippen LogP contribution in [0.25, 0.3) is 10.2 Å². The summed E-state index contributed by atoms with van der Waals surface area (Å²) in [4.78, 5) is 23.0. The fraction of sp³-hybridized carbons (Fsp3) is 0.533. The van der Waals surface area contributed by atoms with Crippen LogP contribution >= 0.6 is 23.1 Å². The molecule has 2 aromatic rings. The van der Waals surface area contributed by atoms with E-state index >= 15 is 0 Å². The van der Waals surface area contributed by atoms with Crippen molar-refractivity contribution in [1.82, 2.24) is 9.97 Å². The first kappa shape index (κ1) is 14.0. The minimum absolute atomic E-state index is 0.242. The summed E-state index contributed by atoms with van der Waals surface area (Å²) in [7, 11) is 0. The Morgan fingerprint density at radius 2 is 2.10 bits per heavy atom. The number of nitrogens with zero attached hydrogens (tertiary/aromatic N) is 2. The molecular weight excluding hydrogens is 288 g/mol. The van der Waals surface area contributed by atoms with Gasteiger partial charge < -0.3 is 0 Å². The Hall–Kier alpha value is -0.940. The lowest BCUT2D eigenvalue weighted by Gasteiger charge is -2.11. The van der Waals surface area contributed by atoms with Crippen LogP contribution in [-0.2, 0) is 17.6 Å². The first-order valence-corrected chi connectivity index (χ1v) is 8.86. The zero-order valence-corrected chi connectivity index (χ0v) is 13.5. The normalized spacial score (nSPS) is 14.5. The van der Waals surface area contributed by atoms with Gasteiger partial charge in [0.1, 0.15) is 21.5 Å². The molecule has 0 aliphatic heterocycles. The second-order valence-corrected chi connectivity index (χ2v) is 7.43. The van der Waals surface area contributed by atoms with Gasteiger partial charge in [0.15, 0.2) is 0 Å². The molecule has 0 saturated heterocycles. The van der Waals surface area contributed by atoms with E-state index in [-0.39, 0.29) is 5.78 Å². The highest BCUT2D eigenvalue weighted by Crippen LogP contribution is 2.39. The summed E-state index contributed by atoms with van der Waals surface area (Å²) in [5, 5.41) is 2.34. The van der Waals surface area contributed by atoms with E-state index in [2.05, 4.69) is 9.97 Å². The molecule has 0 N–H and O–H groups in total. The van der Waals surface area contributed by atoms with Gasteiger partial charge in [0.05, 0.1) is 0 Å². The van der Waals surface area contributed by atoms with Crippen molar-refractivity contribution < 1.29 is 4.79 Å². The van der Waals surface area contributed by atoms with Crippen molar-refractivity contribution in [2.75, 3.05) is 5.75 Å². The number of rotatable bonds is 4. The molecule has 5 heteroatoms. The molecule has 3 nitrogen and oxygen atoms in total. The molecule has 2 aromatic heterocycles. The summed E-state index contributed by atoms with van der Waals surface area (Å²) in [6.07, 6.45) is 5.51. The summed E-state index contributed by atoms with van der Waals surface area (Å²) in [5.74, 6) is 1.89. The first-order chi connectivity index (χ1) is 9.65. The van der Waals surface area contributed by atoms with Gasteiger partial charge in [-0.05, 0) is 45.1 Å². The van der Waals surface area contributed by atoms with Crippen molar-refractivity contribution in [3.05, 3.63) is 16.3 Å². The van der Waals surface area contributed by atoms with Crippen LogP contribution in [0.4, 0.5) is 0 Å². The third-order valence-electron chi connectivity index (χ3n) is 3.59. The fourth-order valence-electron chi connectivity index (χ4n) is 2.62. The van der Waals surface area contributed by atoms with Crippen LogP contribution in [-0.4, -0.2) is 21.5 Å². The molecule has 20 heavy (non-hydrogen) atoms. The van der Waals surface area contributed by atoms with Gasteiger partial charge in [0.2, 0.25) is 0 Å². The molecule has 0 aromatic carbocycles. The maximum absolute atomic E-state index is 11.1. The zero-order chi connectivity index (χ0) is 14.1. The van der Waals surface area contributed by atoms with Crippen LogP contribution in [0.15, 0.2) is 5.03 Å². The van der Waals surface area contributed by atoms with Crippen LogP contribution in [0.5, 0.6) is 0 Å². The number of thiophene rings is 1. The highest BCUT2D eigenvalue weighted by molar-refractivity contribution is 7.99. The summed E-state index contributed by atoms with van der Waals surface area (Å²) < 4.78 is 0. The standard InChI is InChI=1S/C15H18N2OS2/c1-9(18)7-8-19-14-13-11-5-3-4-6-12(11)20-15(13)17-10(2)16-14/h3-8H2,1-2H3. The predicted octanol–water partition coefficient (Wildman–Crippen LogP) is 3.95. The summed E-state index contributed by atoms with van der Waals surface area (Å²) in [6, 6.07) is 0. The Morgan fingerprint density at radius 3 is 2.90 bits per heavy atom. The van der Waals surface area contributed by atoms with Gasteiger partial charge >= 0.3 is 0 Å². The Bertz CT molecular complexity index is 663. The van der Waals surface area contributed by atoms with Crippen LogP contribution in [0.3, 0.4) is 0 Å². The zero-order valence-electron chi connectivity index (χ0n) is 11.9. The van der Waals surface area contributed by atoms with Crippen molar-refractivity contribution >= 4 is 39.1 Å². The van der Waals surface area contributed by atoms with Crippen molar-refractivity contribution in [2.45, 2.75) is 51.0 Å². The number of hydrogen-bond donors (Lipinski definition) is 0. The molecule has 0 amide bonds. The van der Waals surface area contributed by atoms with Gasteiger partial charge in [-0.3, -0.25) is 4.79 Å². The van der Waals surface area contributed by atoms with Crippen molar-refractivity contribution in [2.24, 2.45) is 0 Å². The van der Waals surface area contributed by atoms with Crippen LogP contribution in [0, 0.1) is 6.92 Å². The van der Waals surface area contributed by atoms with E-state index in [0.717, 1.165) is 27.9 Å². The lowest BCUT2D eigenvalue weighted by atomic mass is 9.97. The first-order valence-electron chi connectivity index (χ1n) is 7.06. The maximum atomic E-state index is 11.1. The van der Waals surface area contributed by atoms with Crippen LogP contribution in [0.1, 0.15) is 42.5 Å². The highest BCUT2D eigenvalue weighted by Gasteiger charge is 2.20. The Morgan fingerprint density at radius 1 is 1.30 bits per heavy atom. The number of hydrogen-bond acceptors (Lipinski definition) is 5. The van der Waals surface area contributed by atoms with Gasteiger partial charge in [0.25, 0.3) is 0 Å². The molecule has 0 spiro atoms. The van der Waals surface area contributed by atoms with Crippen molar-refractivity contribution in [3.63, 3.8) is 0 Å². The van der Waals surface area contributed by atoms with Gasteiger partial charge in [-0.25, -0.2) is 9.97 Å². The lowest BCUT2D eigenvalue weighted by molar-refractivity contribution is -0.116. The minimum Gasteiger partial charge on any atom is -0.300 e. The van der Waals surface area contributed by atoms with Crippen LogP contribution in [0.2, 0.25) is 0 Å². The Kier molecular flexibility index (Phi) is 4.08. The number of aryl methyl sites for hydroxylation is 3. The van der Waals surface area contributed by atoms with Crippen molar-refractivity contribution in [1.29, 1.82) is 0 Å². The number of carbonyl (C=O) groups excluding carboxylic acids is 1. The summed E-state index contributed by atoms with van der Waals surface area (Å²) in [6.45, 7) is 3.60. The molecule has 106 valence electrons. The van der Waals surface area contributed by atoms with Crippen LogP contribution < -0.4 is 0 Å². The monoisotopic (exact) mass is 306 g/mol. The van der Waals surface area contributed by atoms with E-state index in [0.29, 0.717) is 6.42 Å². The van der Waals surface area contributed by atoms with E-state index in [1.54, 1.807) is 18.7 Å². The van der Waals surface area contributed by atoms with E-state index in [1.165, 1.54) is 35.1 Å². The van der Waals surface area contributed by atoms with E-state index in [1.807, 2.05) is 18.3 Å². The molecule has 2 heterocycles. The number of fused-ring (bicyclic) bond motifs is 3. The topological polar surface area (TPSA) is 42.9 Å². The van der Waals surface area contributed by atoms with Gasteiger partial charge in [0, 0.05) is 22.4 Å². The van der Waals surface area contributed by atoms with E-state index in [4.69, 9.17) is 0 Å². The molecule has 0 radical (unpaired) electrons. The van der Waals surface area contributed by atoms with Crippen molar-refractivity contribution in [3.8, 4) is 0 Å². The van der Waals surface area contributed by atoms with Gasteiger partial charge in [-0.15, -0.1) is 23.1 Å². The molecule has 0 saturated carbocycles. The fourth-order valence-corrected chi connectivity index (χ4v) is 5.14. The average molecular weight is 306 g/mol.